The van der Waals surface area contributed by atoms with Gasteiger partial charge >= 0.3 is 0 Å². The Morgan fingerprint density at radius 3 is 1.89 bits per heavy atom. The molecule has 0 radical (unpaired) electrons. The van der Waals surface area contributed by atoms with Gasteiger partial charge in [0.25, 0.3) is 11.8 Å². The second kappa shape index (κ2) is 7.39. The van der Waals surface area contributed by atoms with Crippen LogP contribution in [0, 0.1) is 5.82 Å². The quantitative estimate of drug-likeness (QED) is 0.571. The van der Waals surface area contributed by atoms with Crippen LogP contribution in [0.25, 0.3) is 11.1 Å². The molecule has 1 aliphatic rings. The average Bonchev–Trinajstić information content (AvgIpc) is 2.97. The maximum absolute atomic E-state index is 13.9. The van der Waals surface area contributed by atoms with Crippen molar-refractivity contribution in [3.8, 4) is 11.1 Å². The lowest BCUT2D eigenvalue weighted by molar-refractivity contribution is 0.0650. The molecule has 0 spiro atoms. The zero-order valence-corrected chi connectivity index (χ0v) is 15.6. The Labute approximate surface area is 163 Å². The van der Waals surface area contributed by atoms with Gasteiger partial charge in [-0.05, 0) is 41.7 Å². The lowest BCUT2D eigenvalue weighted by atomic mass is 9.95. The van der Waals surface area contributed by atoms with Crippen LogP contribution < -0.4 is 0 Å². The topological polar surface area (TPSA) is 37.4 Å². The van der Waals surface area contributed by atoms with Gasteiger partial charge in [0.1, 0.15) is 5.82 Å². The molecule has 140 valence electrons. The molecule has 3 aromatic rings. The Morgan fingerprint density at radius 1 is 0.786 bits per heavy atom. The minimum Gasteiger partial charge on any atom is -0.274 e. The van der Waals surface area contributed by atoms with Crippen molar-refractivity contribution in [1.29, 1.82) is 0 Å². The highest BCUT2D eigenvalue weighted by Crippen LogP contribution is 2.28. The molecule has 4 heteroatoms. The van der Waals surface area contributed by atoms with E-state index in [-0.39, 0.29) is 23.5 Å². The van der Waals surface area contributed by atoms with E-state index >= 15 is 0 Å². The summed E-state index contributed by atoms with van der Waals surface area (Å²) in [5, 5.41) is 0. The zero-order chi connectivity index (χ0) is 19.7. The summed E-state index contributed by atoms with van der Waals surface area (Å²) in [5.41, 5.74) is 3.46. The van der Waals surface area contributed by atoms with Crippen LogP contribution in [0.2, 0.25) is 0 Å². The summed E-state index contributed by atoms with van der Waals surface area (Å²) in [6, 6.07) is 21.4. The van der Waals surface area contributed by atoms with Gasteiger partial charge in [-0.25, -0.2) is 4.39 Å². The minimum atomic E-state index is -0.242. The van der Waals surface area contributed by atoms with Crippen LogP contribution in [0.4, 0.5) is 4.39 Å². The largest absolute Gasteiger partial charge is 0.274 e. The fourth-order valence-corrected chi connectivity index (χ4v) is 3.62. The number of carbonyl (C=O) groups is 2. The zero-order valence-electron chi connectivity index (χ0n) is 15.6. The Balaban J connectivity index is 1.44. The lowest BCUT2D eigenvalue weighted by Crippen LogP contribution is -2.31. The molecule has 28 heavy (non-hydrogen) atoms. The molecule has 0 bridgehead atoms. The first-order chi connectivity index (χ1) is 13.6. The monoisotopic (exact) mass is 373 g/mol. The second-order valence-corrected chi connectivity index (χ2v) is 7.10. The Bertz CT molecular complexity index is 1010. The summed E-state index contributed by atoms with van der Waals surface area (Å²) in [4.78, 5) is 26.2. The summed E-state index contributed by atoms with van der Waals surface area (Å²) in [6.07, 6.45) is 0.671. The fourth-order valence-electron chi connectivity index (χ4n) is 3.62. The molecular formula is C24H20FNO2. The van der Waals surface area contributed by atoms with E-state index in [9.17, 15) is 14.0 Å². The van der Waals surface area contributed by atoms with Crippen molar-refractivity contribution in [3.63, 3.8) is 0 Å². The Kier molecular flexibility index (Phi) is 4.78. The number of benzene rings is 3. The van der Waals surface area contributed by atoms with Gasteiger partial charge in [0.2, 0.25) is 0 Å². The number of imide groups is 1. The highest BCUT2D eigenvalue weighted by Gasteiger charge is 2.34. The second-order valence-electron chi connectivity index (χ2n) is 7.10. The fraction of sp³-hybridized carbons (Fsp3) is 0.167. The van der Waals surface area contributed by atoms with Crippen molar-refractivity contribution >= 4 is 11.8 Å². The van der Waals surface area contributed by atoms with Crippen LogP contribution in [-0.4, -0.2) is 23.3 Å². The number of amides is 2. The minimum absolute atomic E-state index is 0.166. The van der Waals surface area contributed by atoms with Gasteiger partial charge in [-0.1, -0.05) is 61.5 Å². The van der Waals surface area contributed by atoms with E-state index in [1.165, 1.54) is 11.0 Å². The third-order valence-corrected chi connectivity index (χ3v) is 5.33. The van der Waals surface area contributed by atoms with Crippen LogP contribution in [-0.2, 0) is 0 Å². The number of halogens is 1. The molecule has 2 amide bonds. The van der Waals surface area contributed by atoms with Crippen molar-refractivity contribution in [2.24, 2.45) is 0 Å². The summed E-state index contributed by atoms with van der Waals surface area (Å²) in [5.74, 6) is -0.515. The maximum Gasteiger partial charge on any atom is 0.261 e. The van der Waals surface area contributed by atoms with Gasteiger partial charge in [0, 0.05) is 12.1 Å². The molecule has 0 N–H and O–H groups in total. The summed E-state index contributed by atoms with van der Waals surface area (Å²) < 4.78 is 13.9. The molecule has 1 atom stereocenters. The molecule has 0 fully saturated rings. The van der Waals surface area contributed by atoms with E-state index in [1.807, 2.05) is 30.3 Å². The predicted molar refractivity (Wildman–Crippen MR) is 107 cm³/mol. The summed E-state index contributed by atoms with van der Waals surface area (Å²) in [6.45, 7) is 2.44. The first kappa shape index (κ1) is 18.1. The first-order valence-corrected chi connectivity index (χ1v) is 9.36. The van der Waals surface area contributed by atoms with E-state index in [4.69, 9.17) is 0 Å². The van der Waals surface area contributed by atoms with E-state index in [1.54, 1.807) is 36.4 Å². The Hall–Kier alpha value is -3.27. The standard InChI is InChI=1S/C24H20FNO2/c1-16(14-15-26-23(27)20-7-2-3-8-21(20)24(26)28)17-10-12-18(13-11-17)19-6-4-5-9-22(19)25/h2-13,16H,14-15H2,1H3. The van der Waals surface area contributed by atoms with Gasteiger partial charge in [-0.2, -0.15) is 0 Å². The third kappa shape index (κ3) is 3.22. The number of hydrogen-bond donors (Lipinski definition) is 0. The van der Waals surface area contributed by atoms with Crippen molar-refractivity contribution in [2.45, 2.75) is 19.3 Å². The van der Waals surface area contributed by atoms with Gasteiger partial charge in [0.05, 0.1) is 11.1 Å². The number of nitrogens with zero attached hydrogens (tertiary/aromatic N) is 1. The molecule has 0 saturated carbocycles. The van der Waals surface area contributed by atoms with Gasteiger partial charge in [0.15, 0.2) is 0 Å². The van der Waals surface area contributed by atoms with Crippen molar-refractivity contribution in [2.75, 3.05) is 6.54 Å². The molecule has 1 unspecified atom stereocenters. The molecule has 0 aliphatic carbocycles. The molecule has 1 heterocycles. The highest BCUT2D eigenvalue weighted by atomic mass is 19.1. The van der Waals surface area contributed by atoms with Crippen molar-refractivity contribution in [3.05, 3.63) is 95.3 Å². The predicted octanol–water partition coefficient (Wildman–Crippen LogP) is 5.28. The number of rotatable bonds is 5. The highest BCUT2D eigenvalue weighted by molar-refractivity contribution is 6.21. The normalized spacial score (nSPS) is 14.3. The number of fused-ring (bicyclic) bond motifs is 1. The maximum atomic E-state index is 13.9. The van der Waals surface area contributed by atoms with E-state index < -0.39 is 0 Å². The first-order valence-electron chi connectivity index (χ1n) is 9.36. The van der Waals surface area contributed by atoms with Crippen LogP contribution in [0.1, 0.15) is 45.5 Å². The molecule has 0 saturated heterocycles. The van der Waals surface area contributed by atoms with Crippen LogP contribution in [0.5, 0.6) is 0 Å². The average molecular weight is 373 g/mol. The number of hydrogen-bond acceptors (Lipinski definition) is 2. The van der Waals surface area contributed by atoms with Crippen LogP contribution >= 0.6 is 0 Å². The van der Waals surface area contributed by atoms with Gasteiger partial charge in [-0.15, -0.1) is 0 Å². The van der Waals surface area contributed by atoms with Crippen LogP contribution in [0.3, 0.4) is 0 Å². The lowest BCUT2D eigenvalue weighted by Gasteiger charge is -2.18. The molecule has 3 aromatic carbocycles. The van der Waals surface area contributed by atoms with E-state index in [0.717, 1.165) is 11.1 Å². The SMILES string of the molecule is CC(CCN1C(=O)c2ccccc2C1=O)c1ccc(-c2ccccc2F)cc1. The molecule has 3 nitrogen and oxygen atoms in total. The summed E-state index contributed by atoms with van der Waals surface area (Å²) in [7, 11) is 0. The van der Waals surface area contributed by atoms with Crippen molar-refractivity contribution in [1.82, 2.24) is 4.90 Å². The van der Waals surface area contributed by atoms with Gasteiger partial charge in [-0.3, -0.25) is 14.5 Å². The molecule has 0 aromatic heterocycles. The van der Waals surface area contributed by atoms with E-state index in [0.29, 0.717) is 29.7 Å². The van der Waals surface area contributed by atoms with Crippen molar-refractivity contribution < 1.29 is 14.0 Å². The van der Waals surface area contributed by atoms with Crippen LogP contribution in [0.15, 0.2) is 72.8 Å². The molecule has 4 rings (SSSR count). The van der Waals surface area contributed by atoms with Gasteiger partial charge < -0.3 is 0 Å². The number of carbonyl (C=O) groups excluding carboxylic acids is 2. The summed E-state index contributed by atoms with van der Waals surface area (Å²) >= 11 is 0. The molecule has 1 aliphatic heterocycles. The Morgan fingerprint density at radius 2 is 1.32 bits per heavy atom. The third-order valence-electron chi connectivity index (χ3n) is 5.33. The molecular weight excluding hydrogens is 353 g/mol. The van der Waals surface area contributed by atoms with E-state index in [2.05, 4.69) is 6.92 Å². The smallest absolute Gasteiger partial charge is 0.261 e.